The van der Waals surface area contributed by atoms with E-state index in [1.807, 2.05) is 60.9 Å². The summed E-state index contributed by atoms with van der Waals surface area (Å²) in [7, 11) is 0. The zero-order valence-electron chi connectivity index (χ0n) is 13.4. The summed E-state index contributed by atoms with van der Waals surface area (Å²) in [6.07, 6.45) is 1.44. The molecule has 0 aliphatic rings. The number of carbonyl (C=O) groups excluding carboxylic acids is 1. The molecule has 0 fully saturated rings. The first-order valence-electron chi connectivity index (χ1n) is 7.49. The van der Waals surface area contributed by atoms with Crippen molar-refractivity contribution in [3.05, 3.63) is 60.2 Å². The predicted octanol–water partition coefficient (Wildman–Crippen LogP) is 2.99. The summed E-state index contributed by atoms with van der Waals surface area (Å²) in [6.45, 7) is 2.10. The summed E-state index contributed by atoms with van der Waals surface area (Å²) in [5.41, 5.74) is 7.06. The van der Waals surface area contributed by atoms with Gasteiger partial charge in [-0.2, -0.15) is 0 Å². The zero-order chi connectivity index (χ0) is 16.7. The van der Waals surface area contributed by atoms with Gasteiger partial charge < -0.3 is 15.8 Å². The average Bonchev–Trinajstić information content (AvgIpc) is 2.60. The third-order valence-electron chi connectivity index (χ3n) is 3.47. The number of hydrogen-bond acceptors (Lipinski definition) is 4. The molecule has 2 unspecified atom stereocenters. The standard InChI is InChI=1S/C18H22N2O2S/c1-13(22-15-8-10-16(23-2)11-9-15)18(21)20-12-17(19)14-6-4-3-5-7-14/h3-11,13,17H,12,19H2,1-2H3,(H,20,21). The summed E-state index contributed by atoms with van der Waals surface area (Å²) in [5.74, 6) is 0.503. The molecule has 1 amide bonds. The van der Waals surface area contributed by atoms with Crippen molar-refractivity contribution >= 4 is 17.7 Å². The Balaban J connectivity index is 1.82. The molecule has 2 atom stereocenters. The molecular formula is C18H22N2O2S. The Labute approximate surface area is 141 Å². The van der Waals surface area contributed by atoms with Gasteiger partial charge in [-0.25, -0.2) is 0 Å². The topological polar surface area (TPSA) is 64.3 Å². The van der Waals surface area contributed by atoms with Crippen molar-refractivity contribution in [1.82, 2.24) is 5.32 Å². The molecule has 23 heavy (non-hydrogen) atoms. The lowest BCUT2D eigenvalue weighted by molar-refractivity contribution is -0.127. The summed E-state index contributed by atoms with van der Waals surface area (Å²) in [4.78, 5) is 13.3. The van der Waals surface area contributed by atoms with Crippen molar-refractivity contribution in [2.45, 2.75) is 24.0 Å². The van der Waals surface area contributed by atoms with Crippen LogP contribution in [-0.4, -0.2) is 24.8 Å². The lowest BCUT2D eigenvalue weighted by atomic mass is 10.1. The molecule has 0 saturated carbocycles. The second kappa shape index (κ2) is 8.60. The molecule has 2 aromatic rings. The van der Waals surface area contributed by atoms with E-state index in [1.54, 1.807) is 18.7 Å². The molecule has 122 valence electrons. The van der Waals surface area contributed by atoms with Crippen molar-refractivity contribution in [3.8, 4) is 5.75 Å². The highest BCUT2D eigenvalue weighted by Gasteiger charge is 2.16. The minimum Gasteiger partial charge on any atom is -0.481 e. The first-order chi connectivity index (χ1) is 11.1. The van der Waals surface area contributed by atoms with Gasteiger partial charge in [0, 0.05) is 17.5 Å². The Bertz CT molecular complexity index is 617. The molecule has 5 heteroatoms. The van der Waals surface area contributed by atoms with Crippen LogP contribution in [0.15, 0.2) is 59.5 Å². The molecule has 0 aromatic heterocycles. The van der Waals surface area contributed by atoms with E-state index < -0.39 is 6.10 Å². The molecule has 0 bridgehead atoms. The van der Waals surface area contributed by atoms with Crippen LogP contribution in [0.25, 0.3) is 0 Å². The van der Waals surface area contributed by atoms with Gasteiger partial charge in [-0.1, -0.05) is 30.3 Å². The van der Waals surface area contributed by atoms with Crippen molar-refractivity contribution < 1.29 is 9.53 Å². The molecule has 0 aliphatic carbocycles. The lowest BCUT2D eigenvalue weighted by Gasteiger charge is -2.17. The lowest BCUT2D eigenvalue weighted by Crippen LogP contribution is -2.39. The van der Waals surface area contributed by atoms with Gasteiger partial charge in [-0.05, 0) is 43.0 Å². The van der Waals surface area contributed by atoms with Crippen LogP contribution in [0.1, 0.15) is 18.5 Å². The Morgan fingerprint density at radius 3 is 2.43 bits per heavy atom. The first kappa shape index (κ1) is 17.4. The molecule has 0 radical (unpaired) electrons. The minimum absolute atomic E-state index is 0.176. The molecule has 0 saturated heterocycles. The highest BCUT2D eigenvalue weighted by Crippen LogP contribution is 2.19. The van der Waals surface area contributed by atoms with Gasteiger partial charge in [0.05, 0.1) is 0 Å². The summed E-state index contributed by atoms with van der Waals surface area (Å²) >= 11 is 1.66. The normalized spacial score (nSPS) is 13.2. The number of thioether (sulfide) groups is 1. The van der Waals surface area contributed by atoms with Crippen molar-refractivity contribution in [2.75, 3.05) is 12.8 Å². The first-order valence-corrected chi connectivity index (χ1v) is 8.71. The van der Waals surface area contributed by atoms with Crippen LogP contribution in [0.2, 0.25) is 0 Å². The predicted molar refractivity (Wildman–Crippen MR) is 94.7 cm³/mol. The minimum atomic E-state index is -0.571. The van der Waals surface area contributed by atoms with Crippen molar-refractivity contribution in [1.29, 1.82) is 0 Å². The second-order valence-electron chi connectivity index (χ2n) is 5.20. The average molecular weight is 330 g/mol. The molecule has 3 N–H and O–H groups in total. The maximum absolute atomic E-state index is 12.1. The van der Waals surface area contributed by atoms with E-state index in [9.17, 15) is 4.79 Å². The number of amides is 1. The van der Waals surface area contributed by atoms with E-state index in [1.165, 1.54) is 0 Å². The van der Waals surface area contributed by atoms with Crippen LogP contribution < -0.4 is 15.8 Å². The summed E-state index contributed by atoms with van der Waals surface area (Å²) < 4.78 is 5.65. The van der Waals surface area contributed by atoms with Crippen LogP contribution in [0.5, 0.6) is 5.75 Å². The van der Waals surface area contributed by atoms with Gasteiger partial charge in [-0.15, -0.1) is 11.8 Å². The largest absolute Gasteiger partial charge is 0.481 e. The van der Waals surface area contributed by atoms with Crippen LogP contribution in [0.3, 0.4) is 0 Å². The maximum Gasteiger partial charge on any atom is 0.260 e. The maximum atomic E-state index is 12.1. The van der Waals surface area contributed by atoms with Gasteiger partial charge in [-0.3, -0.25) is 4.79 Å². The zero-order valence-corrected chi connectivity index (χ0v) is 14.2. The fraction of sp³-hybridized carbons (Fsp3) is 0.278. The fourth-order valence-corrected chi connectivity index (χ4v) is 2.49. The molecule has 4 nitrogen and oxygen atoms in total. The van der Waals surface area contributed by atoms with E-state index in [0.717, 1.165) is 10.5 Å². The third kappa shape index (κ3) is 5.30. The molecule has 0 aliphatic heterocycles. The SMILES string of the molecule is CSc1ccc(OC(C)C(=O)NCC(N)c2ccccc2)cc1. The number of nitrogens with two attached hydrogens (primary N) is 1. The fourth-order valence-electron chi connectivity index (χ4n) is 2.08. The highest BCUT2D eigenvalue weighted by molar-refractivity contribution is 7.98. The Morgan fingerprint density at radius 2 is 1.83 bits per heavy atom. The number of nitrogens with one attached hydrogen (secondary N) is 1. The molecular weight excluding hydrogens is 308 g/mol. The monoisotopic (exact) mass is 330 g/mol. The Hall–Kier alpha value is -1.98. The van der Waals surface area contributed by atoms with Gasteiger partial charge in [0.25, 0.3) is 5.91 Å². The van der Waals surface area contributed by atoms with E-state index in [-0.39, 0.29) is 11.9 Å². The summed E-state index contributed by atoms with van der Waals surface area (Å²) in [6, 6.07) is 17.1. The second-order valence-corrected chi connectivity index (χ2v) is 6.08. The molecule has 2 aromatic carbocycles. The van der Waals surface area contributed by atoms with Crippen LogP contribution in [-0.2, 0) is 4.79 Å². The molecule has 0 heterocycles. The highest BCUT2D eigenvalue weighted by atomic mass is 32.2. The van der Waals surface area contributed by atoms with E-state index in [2.05, 4.69) is 5.32 Å². The number of rotatable bonds is 7. The smallest absolute Gasteiger partial charge is 0.260 e. The number of hydrogen-bond donors (Lipinski definition) is 2. The van der Waals surface area contributed by atoms with E-state index in [0.29, 0.717) is 12.3 Å². The van der Waals surface area contributed by atoms with Crippen LogP contribution in [0, 0.1) is 0 Å². The van der Waals surface area contributed by atoms with Crippen molar-refractivity contribution in [2.24, 2.45) is 5.73 Å². The summed E-state index contributed by atoms with van der Waals surface area (Å²) in [5, 5.41) is 2.83. The van der Waals surface area contributed by atoms with Gasteiger partial charge in [0.15, 0.2) is 6.10 Å². The number of ether oxygens (including phenoxy) is 1. The Morgan fingerprint density at radius 1 is 1.17 bits per heavy atom. The molecule has 0 spiro atoms. The van der Waals surface area contributed by atoms with Gasteiger partial charge >= 0.3 is 0 Å². The van der Waals surface area contributed by atoms with Crippen LogP contribution >= 0.6 is 11.8 Å². The Kier molecular flexibility index (Phi) is 6.50. The third-order valence-corrected chi connectivity index (χ3v) is 4.21. The van der Waals surface area contributed by atoms with Crippen molar-refractivity contribution in [3.63, 3.8) is 0 Å². The number of carbonyl (C=O) groups is 1. The van der Waals surface area contributed by atoms with Gasteiger partial charge in [0.2, 0.25) is 0 Å². The molecule has 2 rings (SSSR count). The quantitative estimate of drug-likeness (QED) is 0.766. The van der Waals surface area contributed by atoms with Crippen LogP contribution in [0.4, 0.5) is 0 Å². The van der Waals surface area contributed by atoms with E-state index in [4.69, 9.17) is 10.5 Å². The number of benzene rings is 2. The van der Waals surface area contributed by atoms with E-state index >= 15 is 0 Å². The van der Waals surface area contributed by atoms with Gasteiger partial charge in [0.1, 0.15) is 5.75 Å².